The van der Waals surface area contributed by atoms with Gasteiger partial charge in [-0.05, 0) is 43.2 Å². The summed E-state index contributed by atoms with van der Waals surface area (Å²) in [4.78, 5) is 28.8. The van der Waals surface area contributed by atoms with Crippen LogP contribution in [0.2, 0.25) is 0 Å². The number of hydrogen-bond acceptors (Lipinski definition) is 6. The second kappa shape index (κ2) is 10.2. The quantitative estimate of drug-likeness (QED) is 0.600. The minimum absolute atomic E-state index is 0.0263. The van der Waals surface area contributed by atoms with Gasteiger partial charge < -0.3 is 20.5 Å². The van der Waals surface area contributed by atoms with E-state index < -0.39 is 12.0 Å². The Morgan fingerprint density at radius 1 is 1.19 bits per heavy atom. The van der Waals surface area contributed by atoms with E-state index in [0.717, 1.165) is 11.1 Å². The maximum absolute atomic E-state index is 13.2. The molecule has 0 fully saturated rings. The highest BCUT2D eigenvalue weighted by molar-refractivity contribution is 8.13. The van der Waals surface area contributed by atoms with Gasteiger partial charge in [-0.3, -0.25) is 9.59 Å². The summed E-state index contributed by atoms with van der Waals surface area (Å²) >= 11 is 1.32. The van der Waals surface area contributed by atoms with Gasteiger partial charge in [-0.2, -0.15) is 0 Å². The van der Waals surface area contributed by atoms with Gasteiger partial charge in [-0.15, -0.1) is 0 Å². The zero-order chi connectivity index (χ0) is 22.4. The summed E-state index contributed by atoms with van der Waals surface area (Å²) in [5.74, 6) is -0.0194. The van der Waals surface area contributed by atoms with Crippen molar-refractivity contribution in [3.63, 3.8) is 0 Å². The fourth-order valence-electron chi connectivity index (χ4n) is 3.22. The average Bonchev–Trinajstić information content (AvgIpc) is 2.74. The number of aliphatic carboxylic acids is 1. The summed E-state index contributed by atoms with van der Waals surface area (Å²) in [7, 11) is 1.61. The molecule has 1 atom stereocenters. The molecule has 0 aliphatic carbocycles. The molecule has 0 saturated heterocycles. The molecule has 0 aromatic heterocycles. The third-order valence-electron chi connectivity index (χ3n) is 4.80. The number of nitrogens with one attached hydrogen (secondary N) is 2. The van der Waals surface area contributed by atoms with Crippen molar-refractivity contribution in [1.82, 2.24) is 5.32 Å². The second-order valence-corrected chi connectivity index (χ2v) is 8.13. The first kappa shape index (κ1) is 22.4. The predicted molar refractivity (Wildman–Crippen MR) is 124 cm³/mol. The highest BCUT2D eigenvalue weighted by atomic mass is 32.2. The van der Waals surface area contributed by atoms with Crippen LogP contribution >= 0.6 is 11.8 Å². The Bertz CT molecular complexity index is 1030. The van der Waals surface area contributed by atoms with E-state index in [0.29, 0.717) is 33.6 Å². The lowest BCUT2D eigenvalue weighted by Crippen LogP contribution is -2.32. The Morgan fingerprint density at radius 3 is 2.61 bits per heavy atom. The van der Waals surface area contributed by atoms with Gasteiger partial charge >= 0.3 is 5.97 Å². The summed E-state index contributed by atoms with van der Waals surface area (Å²) in [6.45, 7) is 3.77. The highest BCUT2D eigenvalue weighted by Gasteiger charge is 2.30. The van der Waals surface area contributed by atoms with Crippen molar-refractivity contribution >= 4 is 34.5 Å². The van der Waals surface area contributed by atoms with Gasteiger partial charge in [0, 0.05) is 17.1 Å². The Hall–Kier alpha value is -3.26. The minimum Gasteiger partial charge on any atom is -0.496 e. The Morgan fingerprint density at radius 2 is 1.94 bits per heavy atom. The van der Waals surface area contributed by atoms with E-state index in [-0.39, 0.29) is 12.3 Å². The van der Waals surface area contributed by atoms with E-state index in [2.05, 4.69) is 10.6 Å². The molecule has 1 aliphatic rings. The lowest BCUT2D eigenvalue weighted by molar-refractivity contribution is -0.136. The molecular formula is C23H25N3O4S. The molecule has 3 N–H and O–H groups in total. The first-order valence-electron chi connectivity index (χ1n) is 9.80. The summed E-state index contributed by atoms with van der Waals surface area (Å²) in [6, 6.07) is 14.4. The molecule has 1 heterocycles. The van der Waals surface area contributed by atoms with Crippen molar-refractivity contribution in [2.45, 2.75) is 26.3 Å². The van der Waals surface area contributed by atoms with Crippen LogP contribution in [0.4, 0.5) is 5.69 Å². The number of amidine groups is 1. The van der Waals surface area contributed by atoms with Crippen molar-refractivity contribution < 1.29 is 19.4 Å². The van der Waals surface area contributed by atoms with E-state index in [9.17, 15) is 9.59 Å². The topological polar surface area (TPSA) is 100 Å². The molecule has 162 valence electrons. The molecule has 31 heavy (non-hydrogen) atoms. The molecule has 0 saturated carbocycles. The number of methoxy groups -OCH3 is 1. The normalized spacial score (nSPS) is 15.7. The molecule has 3 rings (SSSR count). The Kier molecular flexibility index (Phi) is 7.36. The van der Waals surface area contributed by atoms with Crippen molar-refractivity contribution in [2.75, 3.05) is 18.2 Å². The molecule has 0 radical (unpaired) electrons. The van der Waals surface area contributed by atoms with Crippen molar-refractivity contribution in [3.8, 4) is 5.75 Å². The van der Waals surface area contributed by atoms with Gasteiger partial charge in [0.25, 0.3) is 5.91 Å². The standard InChI is InChI=1S/C23H25N3O4S/c1-14-9-10-16(13-18(14)30-3)21-20(22(29)25-17-7-5-4-6-8-17)15(2)24-23(26-21)31-12-11-19(27)28/h4-10,13,21H,11-12H2,1-3H3,(H,24,26)(H,25,29)(H,27,28)/t21-/m0/s1. The predicted octanol–water partition coefficient (Wildman–Crippen LogP) is 4.12. The number of carbonyl (C=O) groups is 2. The molecular weight excluding hydrogens is 414 g/mol. The van der Waals surface area contributed by atoms with Crippen molar-refractivity contribution in [1.29, 1.82) is 0 Å². The number of carboxylic acid groups (broad SMARTS) is 1. The number of rotatable bonds is 7. The third-order valence-corrected chi connectivity index (χ3v) is 5.69. The summed E-state index contributed by atoms with van der Waals surface area (Å²) in [6.07, 6.45) is 0.0263. The smallest absolute Gasteiger partial charge is 0.304 e. The zero-order valence-corrected chi connectivity index (χ0v) is 18.5. The number of carbonyl (C=O) groups excluding carboxylic acids is 1. The van der Waals surface area contributed by atoms with E-state index in [1.165, 1.54) is 11.8 Å². The number of anilines is 1. The number of carboxylic acids is 1. The summed E-state index contributed by atoms with van der Waals surface area (Å²) in [5, 5.41) is 15.6. The largest absolute Gasteiger partial charge is 0.496 e. The van der Waals surface area contributed by atoms with Gasteiger partial charge in [0.15, 0.2) is 5.17 Å². The van der Waals surface area contributed by atoms with Crippen molar-refractivity contribution in [2.24, 2.45) is 4.99 Å². The summed E-state index contributed by atoms with van der Waals surface area (Å²) in [5.41, 5.74) is 3.66. The fraction of sp³-hybridized carbons (Fsp3) is 0.261. The first-order valence-corrected chi connectivity index (χ1v) is 10.8. The number of amides is 1. The van der Waals surface area contributed by atoms with Crippen LogP contribution in [0.15, 0.2) is 64.8 Å². The number of benzene rings is 2. The van der Waals surface area contributed by atoms with Crippen LogP contribution in [0.1, 0.15) is 30.5 Å². The van der Waals surface area contributed by atoms with Gasteiger partial charge in [0.05, 0.1) is 19.1 Å². The Balaban J connectivity index is 1.95. The second-order valence-electron chi connectivity index (χ2n) is 7.04. The van der Waals surface area contributed by atoms with Gasteiger partial charge in [-0.25, -0.2) is 4.99 Å². The maximum Gasteiger partial charge on any atom is 0.304 e. The van der Waals surface area contributed by atoms with Crippen LogP contribution in [0.3, 0.4) is 0 Å². The molecule has 1 aliphatic heterocycles. The number of aliphatic imine (C=N–C) groups is 1. The van der Waals surface area contributed by atoms with E-state index >= 15 is 0 Å². The van der Waals surface area contributed by atoms with Crippen LogP contribution in [0.25, 0.3) is 0 Å². The number of aryl methyl sites for hydroxylation is 1. The number of hydrogen-bond donors (Lipinski definition) is 3. The van der Waals surface area contributed by atoms with Crippen molar-refractivity contribution in [3.05, 3.63) is 70.9 Å². The molecule has 0 bridgehead atoms. The van der Waals surface area contributed by atoms with E-state index in [1.54, 1.807) is 7.11 Å². The monoisotopic (exact) mass is 439 g/mol. The number of allylic oxidation sites excluding steroid dienone is 1. The first-order chi connectivity index (χ1) is 14.9. The minimum atomic E-state index is -0.862. The van der Waals surface area contributed by atoms with Crippen LogP contribution in [0, 0.1) is 6.92 Å². The number of nitrogens with zero attached hydrogens (tertiary/aromatic N) is 1. The number of thioether (sulfide) groups is 1. The molecule has 2 aromatic carbocycles. The third kappa shape index (κ3) is 5.67. The molecule has 2 aromatic rings. The van der Waals surface area contributed by atoms with E-state index in [4.69, 9.17) is 14.8 Å². The fourth-order valence-corrected chi connectivity index (χ4v) is 4.09. The molecule has 8 heteroatoms. The van der Waals surface area contributed by atoms with Gasteiger partial charge in [0.2, 0.25) is 0 Å². The number of ether oxygens (including phenoxy) is 1. The van der Waals surface area contributed by atoms with Crippen LogP contribution in [0.5, 0.6) is 5.75 Å². The van der Waals surface area contributed by atoms with Crippen LogP contribution in [-0.2, 0) is 9.59 Å². The lowest BCUT2D eigenvalue weighted by Gasteiger charge is -2.26. The number of para-hydroxylation sites is 1. The zero-order valence-electron chi connectivity index (χ0n) is 17.6. The highest BCUT2D eigenvalue weighted by Crippen LogP contribution is 2.35. The maximum atomic E-state index is 13.2. The van der Waals surface area contributed by atoms with Gasteiger partial charge in [0.1, 0.15) is 11.8 Å². The summed E-state index contributed by atoms with van der Waals surface area (Å²) < 4.78 is 5.46. The van der Waals surface area contributed by atoms with E-state index in [1.807, 2.05) is 62.4 Å². The van der Waals surface area contributed by atoms with Gasteiger partial charge in [-0.1, -0.05) is 42.1 Å². The van der Waals surface area contributed by atoms with Crippen LogP contribution < -0.4 is 15.4 Å². The SMILES string of the molecule is COc1cc([C@@H]2N=C(SCCC(=O)O)NC(C)=C2C(=O)Nc2ccccc2)ccc1C. The lowest BCUT2D eigenvalue weighted by atomic mass is 9.94. The molecule has 0 unspecified atom stereocenters. The Labute approximate surface area is 185 Å². The molecule has 1 amide bonds. The average molecular weight is 440 g/mol. The molecule has 0 spiro atoms. The van der Waals surface area contributed by atoms with Crippen LogP contribution in [-0.4, -0.2) is 35.0 Å². The molecule has 7 nitrogen and oxygen atoms in total.